The average molecular weight is 164 g/mol. The lowest BCUT2D eigenvalue weighted by molar-refractivity contribution is 0.944. The van der Waals surface area contributed by atoms with E-state index in [1.54, 1.807) is 0 Å². The van der Waals surface area contributed by atoms with E-state index >= 15 is 0 Å². The molecule has 2 N–H and O–H groups in total. The third-order valence-corrected chi connectivity index (χ3v) is 2.20. The van der Waals surface area contributed by atoms with E-state index in [2.05, 4.69) is 22.9 Å². The summed E-state index contributed by atoms with van der Waals surface area (Å²) in [5, 5.41) is 1.84. The number of hydrogen-bond acceptors (Lipinski definition) is 4. The van der Waals surface area contributed by atoms with Crippen molar-refractivity contribution in [3.63, 3.8) is 0 Å². The van der Waals surface area contributed by atoms with Crippen molar-refractivity contribution < 1.29 is 0 Å². The average Bonchev–Trinajstić information content (AvgIpc) is 1.77. The molecule has 1 aliphatic rings. The van der Waals surface area contributed by atoms with Gasteiger partial charge in [0.1, 0.15) is 4.99 Å². The predicted molar refractivity (Wildman–Crippen MR) is 43.5 cm³/mol. The summed E-state index contributed by atoms with van der Waals surface area (Å²) in [6.07, 6.45) is 0. The molecule has 0 aromatic rings. The first kappa shape index (κ1) is 6.41. The minimum absolute atomic E-state index is 0.645. The second-order valence-corrected chi connectivity index (χ2v) is 2.74. The van der Waals surface area contributed by atoms with Gasteiger partial charge in [-0.2, -0.15) is 4.83 Å². The van der Waals surface area contributed by atoms with E-state index in [4.69, 9.17) is 12.2 Å². The Hall–Kier alpha value is 0.290. The third kappa shape index (κ3) is 1.38. The Morgan fingerprint density at radius 2 is 2.50 bits per heavy atom. The normalized spacial score (nSPS) is 19.6. The van der Waals surface area contributed by atoms with Gasteiger partial charge in [-0.15, -0.1) is 12.6 Å². The predicted octanol–water partition coefficient (Wildman–Crippen LogP) is 0.841. The summed E-state index contributed by atoms with van der Waals surface area (Å²) in [6.45, 7) is 0. The maximum atomic E-state index is 4.80. The lowest BCUT2D eigenvalue weighted by Gasteiger charge is -2.11. The van der Waals surface area contributed by atoms with Gasteiger partial charge in [-0.3, -0.25) is 0 Å². The highest BCUT2D eigenvalue weighted by Gasteiger charge is 2.02. The van der Waals surface area contributed by atoms with E-state index in [0.29, 0.717) is 4.99 Å². The molecular formula is C3H4N2S3. The highest BCUT2D eigenvalue weighted by Crippen LogP contribution is 2.11. The molecule has 0 radical (unpaired) electrons. The molecule has 0 aromatic carbocycles. The van der Waals surface area contributed by atoms with Crippen LogP contribution in [0.1, 0.15) is 0 Å². The fourth-order valence-corrected chi connectivity index (χ4v) is 1.19. The van der Waals surface area contributed by atoms with Gasteiger partial charge < -0.3 is 5.43 Å². The Morgan fingerprint density at radius 1 is 1.75 bits per heavy atom. The molecule has 0 spiro atoms. The molecular weight excluding hydrogens is 160 g/mol. The fraction of sp³-hybridized carbons (Fsp3) is 0. The summed E-state index contributed by atoms with van der Waals surface area (Å²) in [4.78, 5) is 4.22. The Kier molecular flexibility index (Phi) is 2.18. The molecule has 0 unspecified atom stereocenters. The van der Waals surface area contributed by atoms with E-state index in [1.807, 2.05) is 5.41 Å². The van der Waals surface area contributed by atoms with Crippen LogP contribution in [0, 0.1) is 0 Å². The van der Waals surface area contributed by atoms with Crippen LogP contribution in [0.5, 0.6) is 0 Å². The first-order valence-electron chi connectivity index (χ1n) is 1.91. The zero-order valence-electron chi connectivity index (χ0n) is 3.84. The summed E-state index contributed by atoms with van der Waals surface area (Å²) in [6, 6.07) is 0. The first-order chi connectivity index (χ1) is 3.80. The van der Waals surface area contributed by atoms with Crippen LogP contribution in [-0.4, -0.2) is 4.99 Å². The Bertz CT molecular complexity index is 141. The van der Waals surface area contributed by atoms with Gasteiger partial charge in [-0.05, 0) is 11.9 Å². The lowest BCUT2D eigenvalue weighted by atomic mass is 10.6. The molecule has 1 aliphatic heterocycles. The van der Waals surface area contributed by atoms with Crippen molar-refractivity contribution in [2.24, 2.45) is 0 Å². The standard InChI is InChI=1S/C3H4N2S3/c6-2-1-8-5-4-3(2)7/h1,5-6H,(H,4,7). The monoisotopic (exact) mass is 164 g/mol. The SMILES string of the molecule is S=C1NNSC=C1S. The second-order valence-electron chi connectivity index (χ2n) is 1.18. The van der Waals surface area contributed by atoms with Gasteiger partial charge in [0.25, 0.3) is 0 Å². The molecule has 44 valence electrons. The summed E-state index contributed by atoms with van der Waals surface area (Å²) in [5.74, 6) is 0. The minimum atomic E-state index is 0.645. The van der Waals surface area contributed by atoms with Gasteiger partial charge >= 0.3 is 0 Å². The van der Waals surface area contributed by atoms with Crippen LogP contribution in [0.2, 0.25) is 0 Å². The van der Waals surface area contributed by atoms with Crippen LogP contribution in [-0.2, 0) is 0 Å². The molecule has 1 rings (SSSR count). The molecule has 0 atom stereocenters. The number of hydrogen-bond donors (Lipinski definition) is 3. The first-order valence-corrected chi connectivity index (χ1v) is 3.64. The molecule has 5 heteroatoms. The largest absolute Gasteiger partial charge is 0.301 e. The molecule has 0 aromatic heterocycles. The van der Waals surface area contributed by atoms with Crippen LogP contribution in [0.4, 0.5) is 0 Å². The van der Waals surface area contributed by atoms with E-state index in [9.17, 15) is 0 Å². The van der Waals surface area contributed by atoms with Crippen molar-refractivity contribution in [3.05, 3.63) is 10.3 Å². The topological polar surface area (TPSA) is 24.1 Å². The van der Waals surface area contributed by atoms with Crippen molar-refractivity contribution in [1.29, 1.82) is 0 Å². The van der Waals surface area contributed by atoms with Gasteiger partial charge in [0.05, 0.1) is 0 Å². The van der Waals surface area contributed by atoms with Crippen molar-refractivity contribution in [1.82, 2.24) is 10.3 Å². The van der Waals surface area contributed by atoms with E-state index in [0.717, 1.165) is 4.91 Å². The lowest BCUT2D eigenvalue weighted by Crippen LogP contribution is -2.33. The van der Waals surface area contributed by atoms with Gasteiger partial charge in [0.2, 0.25) is 0 Å². The highest BCUT2D eigenvalue weighted by atomic mass is 32.2. The second kappa shape index (κ2) is 2.72. The molecule has 0 aliphatic carbocycles. The van der Waals surface area contributed by atoms with Crippen LogP contribution >= 0.6 is 36.8 Å². The van der Waals surface area contributed by atoms with Gasteiger partial charge in [-0.25, -0.2) is 0 Å². The summed E-state index contributed by atoms with van der Waals surface area (Å²) < 4.78 is 0. The summed E-state index contributed by atoms with van der Waals surface area (Å²) in [5.41, 5.74) is 2.73. The Morgan fingerprint density at radius 3 is 2.88 bits per heavy atom. The molecule has 2 nitrogen and oxygen atoms in total. The minimum Gasteiger partial charge on any atom is -0.301 e. The number of hydrazine groups is 1. The summed E-state index contributed by atoms with van der Waals surface area (Å²) >= 11 is 10.3. The Balaban J connectivity index is 2.67. The van der Waals surface area contributed by atoms with Crippen LogP contribution in [0.3, 0.4) is 0 Å². The number of nitrogens with one attached hydrogen (secondary N) is 2. The van der Waals surface area contributed by atoms with Crippen LogP contribution in [0.15, 0.2) is 10.3 Å². The van der Waals surface area contributed by atoms with Crippen LogP contribution < -0.4 is 10.3 Å². The molecule has 8 heavy (non-hydrogen) atoms. The molecule has 0 saturated carbocycles. The van der Waals surface area contributed by atoms with E-state index < -0.39 is 0 Å². The van der Waals surface area contributed by atoms with E-state index in [1.165, 1.54) is 11.9 Å². The highest BCUT2D eigenvalue weighted by molar-refractivity contribution is 8.01. The van der Waals surface area contributed by atoms with E-state index in [-0.39, 0.29) is 0 Å². The fourth-order valence-electron chi connectivity index (χ4n) is 0.279. The van der Waals surface area contributed by atoms with Crippen molar-refractivity contribution >= 4 is 41.8 Å². The molecule has 0 fully saturated rings. The summed E-state index contributed by atoms with van der Waals surface area (Å²) in [7, 11) is 0. The van der Waals surface area contributed by atoms with Crippen molar-refractivity contribution in [2.45, 2.75) is 0 Å². The third-order valence-electron chi connectivity index (χ3n) is 0.627. The van der Waals surface area contributed by atoms with Gasteiger partial charge in [0.15, 0.2) is 0 Å². The molecule has 0 amide bonds. The zero-order valence-corrected chi connectivity index (χ0v) is 6.37. The molecule has 1 heterocycles. The zero-order chi connectivity index (χ0) is 5.98. The quantitative estimate of drug-likeness (QED) is 0.281. The van der Waals surface area contributed by atoms with Gasteiger partial charge in [0, 0.05) is 10.3 Å². The molecule has 0 bridgehead atoms. The number of thiocarbonyl (C=S) groups is 1. The smallest absolute Gasteiger partial charge is 0.128 e. The maximum Gasteiger partial charge on any atom is 0.128 e. The number of rotatable bonds is 0. The maximum absolute atomic E-state index is 4.80. The van der Waals surface area contributed by atoms with Gasteiger partial charge in [-0.1, -0.05) is 12.2 Å². The number of thiol groups is 1. The van der Waals surface area contributed by atoms with Crippen molar-refractivity contribution in [2.75, 3.05) is 0 Å². The van der Waals surface area contributed by atoms with Crippen molar-refractivity contribution in [3.8, 4) is 0 Å². The molecule has 0 saturated heterocycles. The Labute approximate surface area is 62.6 Å². The van der Waals surface area contributed by atoms with Crippen LogP contribution in [0.25, 0.3) is 0 Å².